The van der Waals surface area contributed by atoms with Crippen molar-refractivity contribution in [1.29, 1.82) is 0 Å². The molecule has 2 N–H and O–H groups in total. The first-order chi connectivity index (χ1) is 10.6. The van der Waals surface area contributed by atoms with Crippen LogP contribution in [0, 0.1) is 5.92 Å². The van der Waals surface area contributed by atoms with Crippen molar-refractivity contribution in [3.63, 3.8) is 0 Å². The summed E-state index contributed by atoms with van der Waals surface area (Å²) in [6.07, 6.45) is 6.65. The Kier molecular flexibility index (Phi) is 4.26. The summed E-state index contributed by atoms with van der Waals surface area (Å²) in [7, 11) is 0. The maximum atomic E-state index is 12.7. The average molecular weight is 306 g/mol. The minimum Gasteiger partial charge on any atom is -0.351 e. The maximum Gasteiger partial charge on any atom is 0.314 e. The maximum absolute atomic E-state index is 12.7. The molecule has 8 heteroatoms. The molecule has 2 fully saturated rings. The minimum atomic E-state index is -0.393. The van der Waals surface area contributed by atoms with Crippen LogP contribution in [0.2, 0.25) is 0 Å². The molecule has 3 heterocycles. The highest BCUT2D eigenvalue weighted by atomic mass is 16.2. The van der Waals surface area contributed by atoms with Crippen molar-refractivity contribution < 1.29 is 9.59 Å². The van der Waals surface area contributed by atoms with Crippen LogP contribution >= 0.6 is 0 Å². The van der Waals surface area contributed by atoms with Gasteiger partial charge in [0, 0.05) is 32.1 Å². The molecule has 0 radical (unpaired) electrons. The number of carbonyl (C=O) groups is 2. The first kappa shape index (κ1) is 14.8. The lowest BCUT2D eigenvalue weighted by Gasteiger charge is -2.37. The summed E-state index contributed by atoms with van der Waals surface area (Å²) in [5.41, 5.74) is 5.28. The van der Waals surface area contributed by atoms with E-state index in [0.717, 1.165) is 19.4 Å². The molecule has 3 amide bonds. The van der Waals surface area contributed by atoms with Crippen LogP contribution in [0.4, 0.5) is 4.79 Å². The number of urea groups is 1. The number of primary amides is 1. The van der Waals surface area contributed by atoms with Crippen LogP contribution in [0.1, 0.15) is 31.7 Å². The van der Waals surface area contributed by atoms with Crippen LogP contribution in [-0.4, -0.2) is 62.7 Å². The molecule has 0 aliphatic carbocycles. The molecule has 2 aliphatic rings. The smallest absolute Gasteiger partial charge is 0.314 e. The van der Waals surface area contributed by atoms with Gasteiger partial charge in [0.25, 0.3) is 0 Å². The van der Waals surface area contributed by atoms with E-state index in [1.165, 1.54) is 6.33 Å². The van der Waals surface area contributed by atoms with Crippen LogP contribution in [0.15, 0.2) is 12.7 Å². The number of hydrogen-bond acceptors (Lipinski definition) is 4. The highest BCUT2D eigenvalue weighted by Gasteiger charge is 2.32. The molecule has 1 atom stereocenters. The van der Waals surface area contributed by atoms with Crippen LogP contribution in [0.3, 0.4) is 0 Å². The minimum absolute atomic E-state index is 0.00472. The molecule has 2 saturated heterocycles. The van der Waals surface area contributed by atoms with Gasteiger partial charge in [-0.3, -0.25) is 4.79 Å². The van der Waals surface area contributed by atoms with Gasteiger partial charge < -0.3 is 15.5 Å². The molecule has 0 bridgehead atoms. The molecule has 8 nitrogen and oxygen atoms in total. The van der Waals surface area contributed by atoms with Gasteiger partial charge in [-0.1, -0.05) is 0 Å². The molecule has 0 aromatic carbocycles. The Morgan fingerprint density at radius 3 is 2.50 bits per heavy atom. The Morgan fingerprint density at radius 1 is 1.09 bits per heavy atom. The van der Waals surface area contributed by atoms with Crippen molar-refractivity contribution in [2.24, 2.45) is 11.7 Å². The molecular formula is C14H22N6O2. The summed E-state index contributed by atoms with van der Waals surface area (Å²) < 4.78 is 1.84. The van der Waals surface area contributed by atoms with E-state index in [2.05, 4.69) is 10.1 Å². The third kappa shape index (κ3) is 3.05. The number of nitrogens with two attached hydrogens (primary N) is 1. The quantitative estimate of drug-likeness (QED) is 0.846. The topological polar surface area (TPSA) is 97.3 Å². The van der Waals surface area contributed by atoms with E-state index >= 15 is 0 Å². The molecule has 1 aromatic heterocycles. The number of piperidine rings is 2. The predicted octanol–water partition coefficient (Wildman–Crippen LogP) is 0.232. The summed E-state index contributed by atoms with van der Waals surface area (Å²) in [4.78, 5) is 31.4. The van der Waals surface area contributed by atoms with Crippen LogP contribution < -0.4 is 5.73 Å². The summed E-state index contributed by atoms with van der Waals surface area (Å²) >= 11 is 0. The van der Waals surface area contributed by atoms with Crippen molar-refractivity contribution in [1.82, 2.24) is 24.6 Å². The zero-order valence-corrected chi connectivity index (χ0v) is 12.6. The standard InChI is InChI=1S/C14H22N6O2/c15-14(22)18-6-3-11(4-7-18)13(21)19-5-1-2-12(8-19)20-10-16-9-17-20/h9-12H,1-8H2,(H2,15,22)/t12-/m1/s1. The van der Waals surface area contributed by atoms with Crippen LogP contribution in [0.25, 0.3) is 0 Å². The second-order valence-corrected chi connectivity index (χ2v) is 6.06. The van der Waals surface area contributed by atoms with Gasteiger partial charge in [-0.15, -0.1) is 0 Å². The highest BCUT2D eigenvalue weighted by molar-refractivity contribution is 5.79. The Balaban J connectivity index is 1.57. The molecule has 2 aliphatic heterocycles. The van der Waals surface area contributed by atoms with Crippen molar-refractivity contribution >= 4 is 11.9 Å². The molecule has 22 heavy (non-hydrogen) atoms. The number of rotatable bonds is 2. The van der Waals surface area contributed by atoms with Crippen molar-refractivity contribution in [3.05, 3.63) is 12.7 Å². The van der Waals surface area contributed by atoms with Crippen molar-refractivity contribution in [2.45, 2.75) is 31.7 Å². The second kappa shape index (κ2) is 6.33. The zero-order valence-electron chi connectivity index (χ0n) is 12.6. The normalized spacial score (nSPS) is 23.5. The summed E-state index contributed by atoms with van der Waals surface area (Å²) in [5, 5.41) is 4.19. The van der Waals surface area contributed by atoms with Gasteiger partial charge in [0.15, 0.2) is 0 Å². The Labute approximate surface area is 129 Å². The highest BCUT2D eigenvalue weighted by Crippen LogP contribution is 2.25. The van der Waals surface area contributed by atoms with Crippen molar-refractivity contribution in [2.75, 3.05) is 26.2 Å². The summed E-state index contributed by atoms with van der Waals surface area (Å²) in [6.45, 7) is 2.65. The number of amides is 3. The number of nitrogens with zero attached hydrogens (tertiary/aromatic N) is 5. The molecule has 3 rings (SSSR count). The largest absolute Gasteiger partial charge is 0.351 e. The van der Waals surface area contributed by atoms with E-state index in [1.54, 1.807) is 11.2 Å². The van der Waals surface area contributed by atoms with E-state index in [9.17, 15) is 9.59 Å². The lowest BCUT2D eigenvalue weighted by atomic mass is 9.94. The van der Waals surface area contributed by atoms with E-state index in [0.29, 0.717) is 32.5 Å². The Bertz CT molecular complexity index is 523. The number of carbonyl (C=O) groups excluding carboxylic acids is 2. The Hall–Kier alpha value is -2.12. The fraction of sp³-hybridized carbons (Fsp3) is 0.714. The van der Waals surface area contributed by atoms with E-state index in [1.807, 2.05) is 9.58 Å². The Morgan fingerprint density at radius 2 is 1.86 bits per heavy atom. The summed E-state index contributed by atoms with van der Waals surface area (Å²) in [6, 6.07) is -0.180. The van der Waals surface area contributed by atoms with Crippen molar-refractivity contribution in [3.8, 4) is 0 Å². The number of aromatic nitrogens is 3. The monoisotopic (exact) mass is 306 g/mol. The molecule has 0 saturated carbocycles. The predicted molar refractivity (Wildman–Crippen MR) is 78.8 cm³/mol. The van der Waals surface area contributed by atoms with Crippen LogP contribution in [-0.2, 0) is 4.79 Å². The molecule has 1 aromatic rings. The van der Waals surface area contributed by atoms with E-state index in [-0.39, 0.29) is 17.9 Å². The van der Waals surface area contributed by atoms with Crippen LogP contribution in [0.5, 0.6) is 0 Å². The van der Waals surface area contributed by atoms with E-state index < -0.39 is 6.03 Å². The van der Waals surface area contributed by atoms with Gasteiger partial charge >= 0.3 is 6.03 Å². The molecule has 120 valence electrons. The third-order valence-corrected chi connectivity index (χ3v) is 4.67. The first-order valence-corrected chi connectivity index (χ1v) is 7.82. The lowest BCUT2D eigenvalue weighted by molar-refractivity contribution is -0.138. The van der Waals surface area contributed by atoms with Gasteiger partial charge in [-0.05, 0) is 25.7 Å². The SMILES string of the molecule is NC(=O)N1CCC(C(=O)N2CCC[C@@H](n3cncn3)C2)CC1. The first-order valence-electron chi connectivity index (χ1n) is 7.82. The van der Waals surface area contributed by atoms with Gasteiger partial charge in [-0.2, -0.15) is 5.10 Å². The summed E-state index contributed by atoms with van der Waals surface area (Å²) in [5.74, 6) is 0.207. The van der Waals surface area contributed by atoms with Gasteiger partial charge in [0.2, 0.25) is 5.91 Å². The van der Waals surface area contributed by atoms with Gasteiger partial charge in [0.05, 0.1) is 6.04 Å². The molecular weight excluding hydrogens is 284 g/mol. The van der Waals surface area contributed by atoms with Gasteiger partial charge in [0.1, 0.15) is 12.7 Å². The zero-order chi connectivity index (χ0) is 15.5. The molecule has 0 spiro atoms. The fourth-order valence-corrected chi connectivity index (χ4v) is 3.38. The third-order valence-electron chi connectivity index (χ3n) is 4.67. The number of likely N-dealkylation sites (tertiary alicyclic amines) is 2. The fourth-order valence-electron chi connectivity index (χ4n) is 3.38. The lowest BCUT2D eigenvalue weighted by Crippen LogP contribution is -2.48. The number of hydrogen-bond donors (Lipinski definition) is 1. The molecule has 0 unspecified atom stereocenters. The average Bonchev–Trinajstić information content (AvgIpc) is 3.09. The second-order valence-electron chi connectivity index (χ2n) is 6.06. The van der Waals surface area contributed by atoms with E-state index in [4.69, 9.17) is 5.73 Å². The van der Waals surface area contributed by atoms with Gasteiger partial charge in [-0.25, -0.2) is 14.5 Å².